The first-order valence-corrected chi connectivity index (χ1v) is 13.8. The second kappa shape index (κ2) is 11.7. The number of methoxy groups -OCH3 is 1. The second-order valence-electron chi connectivity index (χ2n) is 9.25. The molecular formula is C30H30N4O4S. The van der Waals surface area contributed by atoms with Gasteiger partial charge in [0.15, 0.2) is 17.6 Å². The van der Waals surface area contributed by atoms with Crippen molar-refractivity contribution in [3.63, 3.8) is 0 Å². The van der Waals surface area contributed by atoms with Gasteiger partial charge in [0.1, 0.15) is 5.01 Å². The molecule has 0 fully saturated rings. The standard InChI is InChI=1S/C30H30N4O4S/c1-4-5-15-34-16-14-31-24-18-26(25(37-3)17-22(24)30(34)36)38-19(2)28(35)32-21-12-10-20(11-13-21)29-33-23-8-6-7-9-27(23)39-29/h6-14,17-19H,4-5,15-16H2,1-3H3,(H,32,35). The van der Waals surface area contributed by atoms with Crippen molar-refractivity contribution in [1.82, 2.24) is 9.88 Å². The quantitative estimate of drug-likeness (QED) is 0.267. The van der Waals surface area contributed by atoms with Gasteiger partial charge in [-0.05, 0) is 55.8 Å². The van der Waals surface area contributed by atoms with Gasteiger partial charge in [-0.1, -0.05) is 25.5 Å². The van der Waals surface area contributed by atoms with Crippen LogP contribution in [-0.4, -0.2) is 54.2 Å². The number of anilines is 1. The average molecular weight is 543 g/mol. The highest BCUT2D eigenvalue weighted by Crippen LogP contribution is 2.37. The van der Waals surface area contributed by atoms with E-state index in [1.54, 1.807) is 41.5 Å². The van der Waals surface area contributed by atoms with Gasteiger partial charge in [-0.25, -0.2) is 4.98 Å². The summed E-state index contributed by atoms with van der Waals surface area (Å²) >= 11 is 1.63. The van der Waals surface area contributed by atoms with Gasteiger partial charge in [0.2, 0.25) is 0 Å². The normalized spacial score (nSPS) is 13.6. The van der Waals surface area contributed by atoms with Gasteiger partial charge in [0.05, 0.1) is 35.1 Å². The maximum Gasteiger partial charge on any atom is 0.265 e. The van der Waals surface area contributed by atoms with Gasteiger partial charge >= 0.3 is 0 Å². The van der Waals surface area contributed by atoms with Crippen molar-refractivity contribution < 1.29 is 19.1 Å². The van der Waals surface area contributed by atoms with E-state index < -0.39 is 6.10 Å². The topological polar surface area (TPSA) is 93.1 Å². The Labute approximate surface area is 231 Å². The van der Waals surface area contributed by atoms with E-state index in [-0.39, 0.29) is 11.8 Å². The zero-order valence-corrected chi connectivity index (χ0v) is 23.0. The minimum Gasteiger partial charge on any atom is -0.493 e. The summed E-state index contributed by atoms with van der Waals surface area (Å²) in [5, 5.41) is 3.82. The summed E-state index contributed by atoms with van der Waals surface area (Å²) < 4.78 is 12.6. The summed E-state index contributed by atoms with van der Waals surface area (Å²) in [6.45, 7) is 4.87. The molecule has 1 aromatic heterocycles. The number of aliphatic imine (C=N–C) groups is 1. The Morgan fingerprint density at radius 3 is 2.67 bits per heavy atom. The number of carbonyl (C=O) groups excluding carboxylic acids is 2. The number of unbranched alkanes of at least 4 members (excludes halogenated alkanes) is 1. The lowest BCUT2D eigenvalue weighted by atomic mass is 10.1. The Morgan fingerprint density at radius 2 is 1.92 bits per heavy atom. The highest BCUT2D eigenvalue weighted by atomic mass is 32.1. The second-order valence-corrected chi connectivity index (χ2v) is 10.3. The van der Waals surface area contributed by atoms with Crippen LogP contribution in [0.25, 0.3) is 20.8 Å². The fourth-order valence-corrected chi connectivity index (χ4v) is 5.26. The highest BCUT2D eigenvalue weighted by molar-refractivity contribution is 7.21. The summed E-state index contributed by atoms with van der Waals surface area (Å²) in [5.74, 6) is 0.303. The number of ether oxygens (including phenoxy) is 2. The summed E-state index contributed by atoms with van der Waals surface area (Å²) in [6.07, 6.45) is 2.82. The molecule has 0 aliphatic carbocycles. The van der Waals surface area contributed by atoms with Crippen LogP contribution in [0.3, 0.4) is 0 Å². The van der Waals surface area contributed by atoms with Crippen molar-refractivity contribution in [3.8, 4) is 22.1 Å². The molecule has 2 heterocycles. The number of fused-ring (bicyclic) bond motifs is 2. The van der Waals surface area contributed by atoms with E-state index in [1.165, 1.54) is 7.11 Å². The van der Waals surface area contributed by atoms with Crippen LogP contribution in [0.15, 0.2) is 65.7 Å². The average Bonchev–Trinajstić information content (AvgIpc) is 3.33. The molecule has 8 nitrogen and oxygen atoms in total. The molecule has 0 bridgehead atoms. The minimum atomic E-state index is -0.826. The van der Waals surface area contributed by atoms with Crippen LogP contribution in [0.1, 0.15) is 37.0 Å². The molecule has 1 aliphatic rings. The Kier molecular flexibility index (Phi) is 7.88. The van der Waals surface area contributed by atoms with E-state index >= 15 is 0 Å². The number of para-hydroxylation sites is 1. The maximum atomic E-state index is 13.1. The largest absolute Gasteiger partial charge is 0.493 e. The number of rotatable bonds is 9. The van der Waals surface area contributed by atoms with Crippen LogP contribution in [0, 0.1) is 0 Å². The molecular weight excluding hydrogens is 512 g/mol. The molecule has 1 aliphatic heterocycles. The molecule has 0 saturated heterocycles. The first-order valence-electron chi connectivity index (χ1n) is 12.9. The number of hydrogen-bond acceptors (Lipinski definition) is 7. The van der Waals surface area contributed by atoms with Crippen LogP contribution >= 0.6 is 11.3 Å². The van der Waals surface area contributed by atoms with Gasteiger partial charge in [-0.3, -0.25) is 14.6 Å². The first kappa shape index (κ1) is 26.4. The maximum absolute atomic E-state index is 13.1. The van der Waals surface area contributed by atoms with Crippen molar-refractivity contribution in [1.29, 1.82) is 0 Å². The third-order valence-electron chi connectivity index (χ3n) is 6.48. The monoisotopic (exact) mass is 542 g/mol. The Balaban J connectivity index is 1.27. The summed E-state index contributed by atoms with van der Waals surface area (Å²) in [7, 11) is 1.51. The summed E-state index contributed by atoms with van der Waals surface area (Å²) in [5.41, 5.74) is 3.55. The van der Waals surface area contributed by atoms with E-state index in [4.69, 9.17) is 9.47 Å². The van der Waals surface area contributed by atoms with E-state index in [9.17, 15) is 9.59 Å². The number of carbonyl (C=O) groups is 2. The number of aromatic nitrogens is 1. The number of thiazole rings is 1. The van der Waals surface area contributed by atoms with Crippen LogP contribution in [0.2, 0.25) is 0 Å². The molecule has 39 heavy (non-hydrogen) atoms. The number of hydrogen-bond donors (Lipinski definition) is 1. The Hall–Kier alpha value is -4.24. The molecule has 1 unspecified atom stereocenters. The van der Waals surface area contributed by atoms with E-state index in [0.29, 0.717) is 41.5 Å². The number of benzene rings is 3. The van der Waals surface area contributed by atoms with Crippen LogP contribution in [0.4, 0.5) is 11.4 Å². The number of nitrogens with zero attached hydrogens (tertiary/aromatic N) is 3. The zero-order valence-electron chi connectivity index (χ0n) is 22.1. The molecule has 9 heteroatoms. The summed E-state index contributed by atoms with van der Waals surface area (Å²) in [6, 6.07) is 18.9. The van der Waals surface area contributed by atoms with Crippen molar-refractivity contribution >= 4 is 51.0 Å². The van der Waals surface area contributed by atoms with Crippen LogP contribution in [-0.2, 0) is 4.79 Å². The van der Waals surface area contributed by atoms with Gasteiger partial charge in [0, 0.05) is 30.1 Å². The molecule has 200 valence electrons. The van der Waals surface area contributed by atoms with Crippen molar-refractivity contribution in [3.05, 3.63) is 66.2 Å². The van der Waals surface area contributed by atoms with Gasteiger partial charge < -0.3 is 19.7 Å². The molecule has 2 amide bonds. The highest BCUT2D eigenvalue weighted by Gasteiger charge is 2.25. The predicted octanol–water partition coefficient (Wildman–Crippen LogP) is 6.34. The molecule has 5 rings (SSSR count). The third kappa shape index (κ3) is 5.78. The molecule has 0 spiro atoms. The number of nitrogens with one attached hydrogen (secondary N) is 1. The van der Waals surface area contributed by atoms with Gasteiger partial charge in [-0.15, -0.1) is 11.3 Å². The molecule has 0 radical (unpaired) electrons. The lowest BCUT2D eigenvalue weighted by Gasteiger charge is -2.21. The van der Waals surface area contributed by atoms with Crippen LogP contribution < -0.4 is 14.8 Å². The van der Waals surface area contributed by atoms with E-state index in [1.807, 2.05) is 42.5 Å². The van der Waals surface area contributed by atoms with E-state index in [2.05, 4.69) is 28.3 Å². The Bertz CT molecular complexity index is 1500. The molecule has 0 saturated carbocycles. The lowest BCUT2D eigenvalue weighted by Crippen LogP contribution is -2.32. The van der Waals surface area contributed by atoms with Gasteiger partial charge in [0.25, 0.3) is 11.8 Å². The third-order valence-corrected chi connectivity index (χ3v) is 7.57. The molecule has 1 N–H and O–H groups in total. The number of amides is 2. The first-order chi connectivity index (χ1) is 19.0. The summed E-state index contributed by atoms with van der Waals surface area (Å²) in [4.78, 5) is 37.0. The van der Waals surface area contributed by atoms with Gasteiger partial charge in [-0.2, -0.15) is 0 Å². The fraction of sp³-hybridized carbons (Fsp3) is 0.267. The molecule has 4 aromatic rings. The minimum absolute atomic E-state index is 0.0964. The lowest BCUT2D eigenvalue weighted by molar-refractivity contribution is -0.122. The zero-order chi connectivity index (χ0) is 27.4. The Morgan fingerprint density at radius 1 is 1.13 bits per heavy atom. The SMILES string of the molecule is CCCCN1CC=Nc2cc(OC(C)C(=O)Nc3ccc(-c4nc5ccccc5s4)cc3)c(OC)cc2C1=O. The molecule has 1 atom stereocenters. The van der Waals surface area contributed by atoms with Crippen molar-refractivity contribution in [2.75, 3.05) is 25.5 Å². The van der Waals surface area contributed by atoms with Crippen molar-refractivity contribution in [2.24, 2.45) is 4.99 Å². The molecule has 3 aromatic carbocycles. The smallest absolute Gasteiger partial charge is 0.265 e. The van der Waals surface area contributed by atoms with Crippen molar-refractivity contribution in [2.45, 2.75) is 32.8 Å². The van der Waals surface area contributed by atoms with Crippen LogP contribution in [0.5, 0.6) is 11.5 Å². The van der Waals surface area contributed by atoms with E-state index in [0.717, 1.165) is 33.6 Å². The predicted molar refractivity (Wildman–Crippen MR) is 156 cm³/mol. The fourth-order valence-electron chi connectivity index (χ4n) is 4.29.